The van der Waals surface area contributed by atoms with Crippen molar-refractivity contribution >= 4 is 0 Å². The number of hydrogen-bond acceptors (Lipinski definition) is 2. The smallest absolute Gasteiger partial charge is 0.122 e. The Bertz CT molecular complexity index is 441. The van der Waals surface area contributed by atoms with Gasteiger partial charge < -0.3 is 10.1 Å². The number of ether oxygens (including phenoxy) is 1. The largest absolute Gasteiger partial charge is 0.496 e. The molecule has 1 saturated carbocycles. The molecule has 0 radical (unpaired) electrons. The number of methoxy groups -OCH3 is 1. The summed E-state index contributed by atoms with van der Waals surface area (Å²) in [7, 11) is 1.79. The van der Waals surface area contributed by atoms with Crippen LogP contribution in [0.2, 0.25) is 0 Å². The summed E-state index contributed by atoms with van der Waals surface area (Å²) in [4.78, 5) is 0. The first-order valence-electron chi connectivity index (χ1n) is 7.47. The Morgan fingerprint density at radius 2 is 2.00 bits per heavy atom. The summed E-state index contributed by atoms with van der Waals surface area (Å²) in [6, 6.07) is 5.11. The number of rotatable bonds is 4. The molecule has 2 nitrogen and oxygen atoms in total. The zero-order valence-corrected chi connectivity index (χ0v) is 12.9. The van der Waals surface area contributed by atoms with Crippen molar-refractivity contribution in [2.24, 2.45) is 5.92 Å². The van der Waals surface area contributed by atoms with Crippen molar-refractivity contribution in [3.63, 3.8) is 0 Å². The van der Waals surface area contributed by atoms with E-state index in [0.717, 1.165) is 12.3 Å². The third-order valence-electron chi connectivity index (χ3n) is 4.61. The van der Waals surface area contributed by atoms with Gasteiger partial charge in [0, 0.05) is 11.6 Å². The first-order valence-corrected chi connectivity index (χ1v) is 7.47. The number of aryl methyl sites for hydroxylation is 2. The first kappa shape index (κ1) is 14.4. The minimum atomic E-state index is 0.625. The van der Waals surface area contributed by atoms with Crippen LogP contribution in [0.15, 0.2) is 12.1 Å². The second kappa shape index (κ2) is 5.96. The van der Waals surface area contributed by atoms with Crippen LogP contribution in [0.4, 0.5) is 0 Å². The molecule has 2 rings (SSSR count). The predicted octanol–water partition coefficient (Wildman–Crippen LogP) is 3.80. The van der Waals surface area contributed by atoms with Crippen molar-refractivity contribution in [1.82, 2.24) is 5.32 Å². The van der Waals surface area contributed by atoms with E-state index in [1.54, 1.807) is 7.11 Å². The molecule has 1 aromatic carbocycles. The maximum absolute atomic E-state index is 5.64. The summed E-state index contributed by atoms with van der Waals surface area (Å²) in [5.74, 6) is 2.38. The highest BCUT2D eigenvalue weighted by Gasteiger charge is 2.35. The van der Waals surface area contributed by atoms with Crippen LogP contribution in [0.3, 0.4) is 0 Å². The number of hydrogen-bond donors (Lipinski definition) is 1. The van der Waals surface area contributed by atoms with Crippen LogP contribution >= 0.6 is 0 Å². The third-order valence-corrected chi connectivity index (χ3v) is 4.61. The van der Waals surface area contributed by atoms with E-state index in [1.165, 1.54) is 29.5 Å². The Labute approximate surface area is 117 Å². The number of nitrogens with one attached hydrogen (secondary N) is 1. The molecule has 2 heteroatoms. The lowest BCUT2D eigenvalue weighted by Crippen LogP contribution is -2.32. The fraction of sp³-hybridized carbons (Fsp3) is 0.647. The summed E-state index contributed by atoms with van der Waals surface area (Å²) >= 11 is 0. The van der Waals surface area contributed by atoms with Gasteiger partial charge in [0.1, 0.15) is 5.75 Å². The van der Waals surface area contributed by atoms with Crippen molar-refractivity contribution in [2.75, 3.05) is 13.7 Å². The maximum Gasteiger partial charge on any atom is 0.122 e. The van der Waals surface area contributed by atoms with Crippen LogP contribution in [0, 0.1) is 19.8 Å². The van der Waals surface area contributed by atoms with Crippen LogP contribution < -0.4 is 10.1 Å². The molecule has 1 aromatic rings. The minimum absolute atomic E-state index is 0.625. The van der Waals surface area contributed by atoms with E-state index in [0.29, 0.717) is 17.9 Å². The van der Waals surface area contributed by atoms with Crippen LogP contribution in [-0.4, -0.2) is 19.7 Å². The molecule has 0 saturated heterocycles. The molecule has 3 unspecified atom stereocenters. The van der Waals surface area contributed by atoms with Crippen LogP contribution in [-0.2, 0) is 0 Å². The van der Waals surface area contributed by atoms with Gasteiger partial charge in [-0.2, -0.15) is 0 Å². The molecule has 1 aliphatic rings. The molecule has 1 aliphatic carbocycles. The van der Waals surface area contributed by atoms with Gasteiger partial charge in [-0.25, -0.2) is 0 Å². The topological polar surface area (TPSA) is 21.3 Å². The van der Waals surface area contributed by atoms with E-state index in [-0.39, 0.29) is 0 Å². The van der Waals surface area contributed by atoms with Crippen molar-refractivity contribution in [3.8, 4) is 5.75 Å². The van der Waals surface area contributed by atoms with Gasteiger partial charge in [0.25, 0.3) is 0 Å². The Morgan fingerprint density at radius 1 is 1.26 bits per heavy atom. The zero-order valence-electron chi connectivity index (χ0n) is 12.9. The molecule has 0 aromatic heterocycles. The SMILES string of the molecule is CCNC1CCC(c2c(C)cc(C)cc2OC)C1C. The fourth-order valence-corrected chi connectivity index (χ4v) is 3.71. The van der Waals surface area contributed by atoms with Gasteiger partial charge >= 0.3 is 0 Å². The molecule has 0 heterocycles. The normalized spacial score (nSPS) is 26.7. The average molecular weight is 261 g/mol. The molecule has 0 aliphatic heterocycles. The lowest BCUT2D eigenvalue weighted by Gasteiger charge is -2.25. The van der Waals surface area contributed by atoms with Gasteiger partial charge in [-0.3, -0.25) is 0 Å². The molecule has 1 fully saturated rings. The second-order valence-corrected chi connectivity index (χ2v) is 5.90. The minimum Gasteiger partial charge on any atom is -0.496 e. The highest BCUT2D eigenvalue weighted by molar-refractivity contribution is 5.46. The molecular weight excluding hydrogens is 234 g/mol. The molecule has 3 atom stereocenters. The summed E-state index contributed by atoms with van der Waals surface area (Å²) < 4.78 is 5.64. The van der Waals surface area contributed by atoms with Crippen LogP contribution in [0.25, 0.3) is 0 Å². The van der Waals surface area contributed by atoms with E-state index < -0.39 is 0 Å². The van der Waals surface area contributed by atoms with E-state index >= 15 is 0 Å². The Kier molecular flexibility index (Phi) is 4.51. The quantitative estimate of drug-likeness (QED) is 0.890. The lowest BCUT2D eigenvalue weighted by molar-refractivity contribution is 0.382. The van der Waals surface area contributed by atoms with Gasteiger partial charge in [0.15, 0.2) is 0 Å². The number of benzene rings is 1. The van der Waals surface area contributed by atoms with E-state index in [2.05, 4.69) is 45.1 Å². The van der Waals surface area contributed by atoms with Gasteiger partial charge in [0.05, 0.1) is 7.11 Å². The van der Waals surface area contributed by atoms with Crippen molar-refractivity contribution < 1.29 is 4.74 Å². The molecule has 0 amide bonds. The second-order valence-electron chi connectivity index (χ2n) is 5.90. The van der Waals surface area contributed by atoms with Crippen molar-refractivity contribution in [3.05, 3.63) is 28.8 Å². The van der Waals surface area contributed by atoms with Gasteiger partial charge in [-0.15, -0.1) is 0 Å². The lowest BCUT2D eigenvalue weighted by atomic mass is 9.85. The van der Waals surface area contributed by atoms with Crippen LogP contribution in [0.5, 0.6) is 5.75 Å². The van der Waals surface area contributed by atoms with Gasteiger partial charge in [-0.1, -0.05) is 19.9 Å². The Hall–Kier alpha value is -1.02. The Morgan fingerprint density at radius 3 is 2.63 bits per heavy atom. The first-order chi connectivity index (χ1) is 9.08. The van der Waals surface area contributed by atoms with E-state index in [4.69, 9.17) is 4.74 Å². The van der Waals surface area contributed by atoms with Gasteiger partial charge in [0.2, 0.25) is 0 Å². The van der Waals surface area contributed by atoms with E-state index in [9.17, 15) is 0 Å². The molecule has 1 N–H and O–H groups in total. The Balaban J connectivity index is 2.32. The van der Waals surface area contributed by atoms with Crippen LogP contribution in [0.1, 0.15) is 49.3 Å². The monoisotopic (exact) mass is 261 g/mol. The predicted molar refractivity (Wildman–Crippen MR) is 81.1 cm³/mol. The summed E-state index contributed by atoms with van der Waals surface area (Å²) in [5, 5.41) is 3.62. The summed E-state index contributed by atoms with van der Waals surface area (Å²) in [6.07, 6.45) is 2.54. The third kappa shape index (κ3) is 2.79. The molecule has 19 heavy (non-hydrogen) atoms. The zero-order chi connectivity index (χ0) is 14.0. The molecule has 0 bridgehead atoms. The fourth-order valence-electron chi connectivity index (χ4n) is 3.71. The summed E-state index contributed by atoms with van der Waals surface area (Å²) in [6.45, 7) is 9.99. The molecule has 106 valence electrons. The molecule has 0 spiro atoms. The highest BCUT2D eigenvalue weighted by atomic mass is 16.5. The van der Waals surface area contributed by atoms with E-state index in [1.807, 2.05) is 0 Å². The van der Waals surface area contributed by atoms with Gasteiger partial charge in [-0.05, 0) is 62.3 Å². The van der Waals surface area contributed by atoms with Crippen molar-refractivity contribution in [2.45, 2.75) is 52.5 Å². The average Bonchev–Trinajstić information content (AvgIpc) is 2.71. The van der Waals surface area contributed by atoms with Crippen molar-refractivity contribution in [1.29, 1.82) is 0 Å². The highest BCUT2D eigenvalue weighted by Crippen LogP contribution is 2.44. The standard InChI is InChI=1S/C17H27NO/c1-6-18-15-8-7-14(13(15)4)17-12(3)9-11(2)10-16(17)19-5/h9-10,13-15,18H,6-8H2,1-5H3. The summed E-state index contributed by atoms with van der Waals surface area (Å²) in [5.41, 5.74) is 4.10. The molecular formula is C17H27NO. The maximum atomic E-state index is 5.64.